The maximum absolute atomic E-state index is 4.57. The van der Waals surface area contributed by atoms with Gasteiger partial charge >= 0.3 is 0 Å². The van der Waals surface area contributed by atoms with Gasteiger partial charge in [0.15, 0.2) is 0 Å². The van der Waals surface area contributed by atoms with Crippen LogP contribution in [-0.4, -0.2) is 6.21 Å². The van der Waals surface area contributed by atoms with Crippen LogP contribution in [-0.2, 0) is 4.84 Å². The molecule has 0 N–H and O–H groups in total. The smallest absolute Gasteiger partial charge is 0.124 e. The van der Waals surface area contributed by atoms with E-state index in [0.29, 0.717) is 5.76 Å². The molecule has 0 aromatic rings. The molecule has 0 atom stereocenters. The Hall–Kier alpha value is -0.790. The van der Waals surface area contributed by atoms with E-state index in [1.54, 1.807) is 20.1 Å². The molecular weight excluding hydrogens is 114 g/mol. The largest absolute Gasteiger partial charge is 0.363 e. The predicted molar refractivity (Wildman–Crippen MR) is 41.4 cm³/mol. The summed E-state index contributed by atoms with van der Waals surface area (Å²) in [6.45, 7) is 11.0. The highest BCUT2D eigenvalue weighted by atomic mass is 16.6. The van der Waals surface area contributed by atoms with Crippen molar-refractivity contribution in [1.29, 1.82) is 0 Å². The summed E-state index contributed by atoms with van der Waals surface area (Å²) in [5.74, 6) is 0.609. The average molecular weight is 129 g/mol. The van der Waals surface area contributed by atoms with Crippen molar-refractivity contribution in [3.63, 3.8) is 0 Å². The van der Waals surface area contributed by atoms with Crippen LogP contribution < -0.4 is 0 Å². The minimum atomic E-state index is 0.609. The van der Waals surface area contributed by atoms with Gasteiger partial charge < -0.3 is 4.84 Å². The fourth-order valence-electron chi connectivity index (χ4n) is 0.143. The highest BCUT2D eigenvalue weighted by Crippen LogP contribution is 1.87. The Balaban J connectivity index is 0. The second-order valence-corrected chi connectivity index (χ2v) is 1.16. The summed E-state index contributed by atoms with van der Waals surface area (Å²) >= 11 is 0. The molecule has 9 heavy (non-hydrogen) atoms. The van der Waals surface area contributed by atoms with Crippen LogP contribution in [0, 0.1) is 0 Å². The molecule has 0 amide bonds. The summed E-state index contributed by atoms with van der Waals surface area (Å²) in [6.07, 6.45) is 1.56. The van der Waals surface area contributed by atoms with Gasteiger partial charge in [0, 0.05) is 6.21 Å². The molecule has 2 nitrogen and oxygen atoms in total. The molecule has 0 heterocycles. The van der Waals surface area contributed by atoms with Crippen LogP contribution in [0.4, 0.5) is 0 Å². The molecule has 0 unspecified atom stereocenters. The Labute approximate surface area is 57.2 Å². The first-order valence-electron chi connectivity index (χ1n) is 3.08. The van der Waals surface area contributed by atoms with Crippen LogP contribution in [0.25, 0.3) is 0 Å². The minimum Gasteiger partial charge on any atom is -0.363 e. The molecule has 0 fully saturated rings. The van der Waals surface area contributed by atoms with Gasteiger partial charge in [0.25, 0.3) is 0 Å². The molecule has 0 radical (unpaired) electrons. The normalized spacial score (nSPS) is 8.00. The van der Waals surface area contributed by atoms with Crippen LogP contribution in [0.1, 0.15) is 27.7 Å². The molecule has 0 aromatic carbocycles. The number of nitrogens with zero attached hydrogens (tertiary/aromatic N) is 1. The first-order valence-corrected chi connectivity index (χ1v) is 3.08. The van der Waals surface area contributed by atoms with E-state index >= 15 is 0 Å². The zero-order valence-corrected chi connectivity index (χ0v) is 6.64. The quantitative estimate of drug-likeness (QED) is 0.319. The van der Waals surface area contributed by atoms with Crippen LogP contribution in [0.2, 0.25) is 0 Å². The summed E-state index contributed by atoms with van der Waals surface area (Å²) in [6, 6.07) is 0. The van der Waals surface area contributed by atoms with Crippen LogP contribution >= 0.6 is 0 Å². The fraction of sp³-hybridized carbons (Fsp3) is 0.571. The SMILES string of the molecule is C=C(C)O/N=C\C.CC. The molecule has 0 bridgehead atoms. The first-order chi connectivity index (χ1) is 4.27. The Morgan fingerprint density at radius 1 is 1.56 bits per heavy atom. The van der Waals surface area contributed by atoms with Crippen molar-refractivity contribution in [3.05, 3.63) is 12.3 Å². The number of allylic oxidation sites excluding steroid dienone is 1. The van der Waals surface area contributed by atoms with E-state index in [1.807, 2.05) is 13.8 Å². The van der Waals surface area contributed by atoms with Gasteiger partial charge in [-0.25, -0.2) is 0 Å². The molecular formula is C7H15NO. The van der Waals surface area contributed by atoms with Gasteiger partial charge in [0.1, 0.15) is 5.76 Å². The van der Waals surface area contributed by atoms with E-state index in [4.69, 9.17) is 0 Å². The average Bonchev–Trinajstić information content (AvgIpc) is 1.88. The van der Waals surface area contributed by atoms with Gasteiger partial charge in [-0.1, -0.05) is 25.6 Å². The van der Waals surface area contributed by atoms with E-state index in [0.717, 1.165) is 0 Å². The maximum Gasteiger partial charge on any atom is 0.124 e. The molecule has 54 valence electrons. The Kier molecular flexibility index (Phi) is 12.6. The first kappa shape index (κ1) is 11.1. The predicted octanol–water partition coefficient (Wildman–Crippen LogP) is 2.57. The van der Waals surface area contributed by atoms with Gasteiger partial charge in [-0.3, -0.25) is 0 Å². The molecule has 0 aliphatic rings. The second-order valence-electron chi connectivity index (χ2n) is 1.16. The molecule has 2 heteroatoms. The van der Waals surface area contributed by atoms with E-state index in [9.17, 15) is 0 Å². The third-order valence-corrected chi connectivity index (χ3v) is 0.314. The standard InChI is InChI=1S/C5H9NO.C2H6/c1-4-6-7-5(2)3;1-2/h4H,2H2,1,3H3;1-2H3/b6-4-;. The Morgan fingerprint density at radius 2 is 2.00 bits per heavy atom. The number of hydrogen-bond donors (Lipinski definition) is 0. The lowest BCUT2D eigenvalue weighted by molar-refractivity contribution is 0.233. The summed E-state index contributed by atoms with van der Waals surface area (Å²) in [5, 5.41) is 3.45. The zero-order chi connectivity index (χ0) is 7.70. The van der Waals surface area contributed by atoms with Gasteiger partial charge in [-0.05, 0) is 13.8 Å². The van der Waals surface area contributed by atoms with Crippen molar-refractivity contribution < 1.29 is 4.84 Å². The lowest BCUT2D eigenvalue weighted by Gasteiger charge is -1.89. The van der Waals surface area contributed by atoms with Gasteiger partial charge in [0.05, 0.1) is 0 Å². The number of hydrogen-bond acceptors (Lipinski definition) is 2. The third kappa shape index (κ3) is 19.0. The second kappa shape index (κ2) is 10.2. The van der Waals surface area contributed by atoms with E-state index in [2.05, 4.69) is 16.6 Å². The third-order valence-electron chi connectivity index (χ3n) is 0.314. The lowest BCUT2D eigenvalue weighted by Crippen LogP contribution is -1.73. The van der Waals surface area contributed by atoms with Gasteiger partial charge in [-0.2, -0.15) is 0 Å². The summed E-state index contributed by atoms with van der Waals surface area (Å²) in [4.78, 5) is 4.57. The molecule has 0 aromatic heterocycles. The molecule has 0 rings (SSSR count). The van der Waals surface area contributed by atoms with Crippen molar-refractivity contribution in [2.24, 2.45) is 5.16 Å². The Bertz CT molecular complexity index is 86.9. The summed E-state index contributed by atoms with van der Waals surface area (Å²) in [5.41, 5.74) is 0. The summed E-state index contributed by atoms with van der Waals surface area (Å²) < 4.78 is 0. The molecule has 0 aliphatic heterocycles. The fourth-order valence-corrected chi connectivity index (χ4v) is 0.143. The van der Waals surface area contributed by atoms with Crippen molar-refractivity contribution in [3.8, 4) is 0 Å². The minimum absolute atomic E-state index is 0.609. The van der Waals surface area contributed by atoms with Crippen molar-refractivity contribution in [1.82, 2.24) is 0 Å². The number of oxime groups is 1. The lowest BCUT2D eigenvalue weighted by atomic mass is 10.7. The maximum atomic E-state index is 4.57. The van der Waals surface area contributed by atoms with Crippen LogP contribution in [0.15, 0.2) is 17.5 Å². The van der Waals surface area contributed by atoms with Crippen molar-refractivity contribution in [2.75, 3.05) is 0 Å². The van der Waals surface area contributed by atoms with E-state index in [1.165, 1.54) is 0 Å². The highest BCUT2D eigenvalue weighted by molar-refractivity contribution is 5.52. The van der Waals surface area contributed by atoms with E-state index < -0.39 is 0 Å². The Morgan fingerprint density at radius 3 is 2.11 bits per heavy atom. The van der Waals surface area contributed by atoms with Crippen LogP contribution in [0.5, 0.6) is 0 Å². The highest BCUT2D eigenvalue weighted by Gasteiger charge is 1.73. The zero-order valence-electron chi connectivity index (χ0n) is 6.64. The van der Waals surface area contributed by atoms with Gasteiger partial charge in [-0.15, -0.1) is 0 Å². The number of rotatable bonds is 2. The van der Waals surface area contributed by atoms with Gasteiger partial charge in [0.2, 0.25) is 0 Å². The monoisotopic (exact) mass is 129 g/mol. The topological polar surface area (TPSA) is 21.6 Å². The summed E-state index contributed by atoms with van der Waals surface area (Å²) in [7, 11) is 0. The van der Waals surface area contributed by atoms with Crippen LogP contribution in [0.3, 0.4) is 0 Å². The molecule has 0 spiro atoms. The molecule has 0 saturated heterocycles. The van der Waals surface area contributed by atoms with E-state index in [-0.39, 0.29) is 0 Å². The van der Waals surface area contributed by atoms with Crippen molar-refractivity contribution in [2.45, 2.75) is 27.7 Å². The molecule has 0 saturated carbocycles. The molecule has 0 aliphatic carbocycles. The van der Waals surface area contributed by atoms with Crippen molar-refractivity contribution >= 4 is 6.21 Å².